The lowest BCUT2D eigenvalue weighted by molar-refractivity contribution is 0.0517. The summed E-state index contributed by atoms with van der Waals surface area (Å²) in [6.07, 6.45) is 0. The van der Waals surface area contributed by atoms with Crippen molar-refractivity contribution in [1.29, 1.82) is 0 Å². The average molecular weight is 442 g/mol. The Labute approximate surface area is 150 Å². The molecule has 5 nitrogen and oxygen atoms in total. The van der Waals surface area contributed by atoms with Crippen molar-refractivity contribution in [2.45, 2.75) is 0 Å². The van der Waals surface area contributed by atoms with E-state index in [1.54, 1.807) is 34.1 Å². The molecule has 2 heterocycles. The van der Waals surface area contributed by atoms with Crippen molar-refractivity contribution in [1.82, 2.24) is 9.80 Å². The van der Waals surface area contributed by atoms with Crippen LogP contribution in [0.1, 0.15) is 20.9 Å². The molecule has 7 heteroatoms. The number of rotatable bonds is 2. The summed E-state index contributed by atoms with van der Waals surface area (Å²) in [5.74, 6) is 0.146. The highest BCUT2D eigenvalue weighted by molar-refractivity contribution is 9.10. The molecule has 1 fully saturated rings. The molecule has 0 radical (unpaired) electrons. The first-order valence-electron chi connectivity index (χ1n) is 7.14. The number of carbonyl (C=O) groups is 2. The standard InChI is InChI=1S/C16H14Br2N2O3/c17-12-3-1-2-11(10-12)15(21)19-6-8-20(9-7-19)16(22)13-4-5-14(18)23-13/h1-5,10H,6-9H2. The number of carbonyl (C=O) groups excluding carboxylic acids is 2. The summed E-state index contributed by atoms with van der Waals surface area (Å²) >= 11 is 6.56. The first-order valence-corrected chi connectivity index (χ1v) is 8.72. The van der Waals surface area contributed by atoms with Crippen LogP contribution in [0.4, 0.5) is 0 Å². The number of nitrogens with zero attached hydrogens (tertiary/aromatic N) is 2. The highest BCUT2D eigenvalue weighted by Gasteiger charge is 2.26. The van der Waals surface area contributed by atoms with E-state index in [0.29, 0.717) is 42.2 Å². The number of benzene rings is 1. The van der Waals surface area contributed by atoms with Gasteiger partial charge in [-0.1, -0.05) is 22.0 Å². The van der Waals surface area contributed by atoms with Crippen molar-refractivity contribution in [3.8, 4) is 0 Å². The lowest BCUT2D eigenvalue weighted by Crippen LogP contribution is -2.50. The van der Waals surface area contributed by atoms with Crippen LogP contribution in [0.25, 0.3) is 0 Å². The summed E-state index contributed by atoms with van der Waals surface area (Å²) in [6.45, 7) is 2.02. The first kappa shape index (κ1) is 16.3. The van der Waals surface area contributed by atoms with Gasteiger partial charge in [-0.3, -0.25) is 9.59 Å². The van der Waals surface area contributed by atoms with Crippen LogP contribution in [0, 0.1) is 0 Å². The number of hydrogen-bond acceptors (Lipinski definition) is 3. The molecule has 1 saturated heterocycles. The minimum atomic E-state index is -0.148. The molecule has 3 rings (SSSR count). The monoisotopic (exact) mass is 440 g/mol. The minimum Gasteiger partial charge on any atom is -0.444 e. The molecule has 0 atom stereocenters. The number of amides is 2. The summed E-state index contributed by atoms with van der Waals surface area (Å²) < 4.78 is 6.70. The van der Waals surface area contributed by atoms with Crippen molar-refractivity contribution < 1.29 is 14.0 Å². The second kappa shape index (κ2) is 6.88. The Balaban J connectivity index is 1.62. The molecule has 2 aromatic rings. The topological polar surface area (TPSA) is 53.8 Å². The third-order valence-corrected chi connectivity index (χ3v) is 4.63. The largest absolute Gasteiger partial charge is 0.444 e. The van der Waals surface area contributed by atoms with Crippen LogP contribution >= 0.6 is 31.9 Å². The van der Waals surface area contributed by atoms with Gasteiger partial charge in [-0.15, -0.1) is 0 Å². The zero-order valence-corrected chi connectivity index (χ0v) is 15.3. The van der Waals surface area contributed by atoms with Gasteiger partial charge in [0.25, 0.3) is 11.8 Å². The van der Waals surface area contributed by atoms with Crippen LogP contribution in [0.2, 0.25) is 0 Å². The lowest BCUT2D eigenvalue weighted by Gasteiger charge is -2.34. The first-order chi connectivity index (χ1) is 11.0. The van der Waals surface area contributed by atoms with Crippen LogP contribution in [0.5, 0.6) is 0 Å². The number of halogens is 2. The fourth-order valence-corrected chi connectivity index (χ4v) is 3.21. The lowest BCUT2D eigenvalue weighted by atomic mass is 10.2. The average Bonchev–Trinajstić information content (AvgIpc) is 3.00. The zero-order valence-electron chi connectivity index (χ0n) is 12.2. The van der Waals surface area contributed by atoms with Gasteiger partial charge < -0.3 is 14.2 Å². The van der Waals surface area contributed by atoms with E-state index in [0.717, 1.165) is 4.47 Å². The van der Waals surface area contributed by atoms with E-state index in [1.165, 1.54) is 0 Å². The SMILES string of the molecule is O=C(c1cccc(Br)c1)N1CCN(C(=O)c2ccc(Br)o2)CC1. The molecule has 0 aliphatic carbocycles. The maximum absolute atomic E-state index is 12.5. The summed E-state index contributed by atoms with van der Waals surface area (Å²) in [5.41, 5.74) is 0.647. The quantitative estimate of drug-likeness (QED) is 0.717. The molecule has 0 N–H and O–H groups in total. The smallest absolute Gasteiger partial charge is 0.289 e. The molecular weight excluding hydrogens is 428 g/mol. The van der Waals surface area contributed by atoms with E-state index in [4.69, 9.17) is 4.42 Å². The van der Waals surface area contributed by atoms with E-state index in [1.807, 2.05) is 12.1 Å². The maximum Gasteiger partial charge on any atom is 0.289 e. The second-order valence-electron chi connectivity index (χ2n) is 5.20. The van der Waals surface area contributed by atoms with Gasteiger partial charge in [0, 0.05) is 36.2 Å². The summed E-state index contributed by atoms with van der Waals surface area (Å²) in [5, 5.41) is 0. The van der Waals surface area contributed by atoms with E-state index >= 15 is 0 Å². The fourth-order valence-electron chi connectivity index (χ4n) is 2.50. The predicted octanol–water partition coefficient (Wildman–Crippen LogP) is 3.40. The molecule has 0 spiro atoms. The van der Waals surface area contributed by atoms with E-state index in [9.17, 15) is 9.59 Å². The Bertz CT molecular complexity index is 736. The Kier molecular flexibility index (Phi) is 4.87. The van der Waals surface area contributed by atoms with Gasteiger partial charge in [0.15, 0.2) is 10.4 Å². The van der Waals surface area contributed by atoms with E-state index in [-0.39, 0.29) is 11.8 Å². The van der Waals surface area contributed by atoms with Gasteiger partial charge in [-0.05, 0) is 46.3 Å². The van der Waals surface area contributed by atoms with Gasteiger partial charge in [0.1, 0.15) is 0 Å². The van der Waals surface area contributed by atoms with Crippen molar-refractivity contribution in [2.24, 2.45) is 0 Å². The van der Waals surface area contributed by atoms with Gasteiger partial charge >= 0.3 is 0 Å². The molecule has 1 aliphatic heterocycles. The summed E-state index contributed by atoms with van der Waals surface area (Å²) in [6, 6.07) is 10.7. The van der Waals surface area contributed by atoms with Crippen molar-refractivity contribution in [3.63, 3.8) is 0 Å². The normalized spacial score (nSPS) is 14.9. The van der Waals surface area contributed by atoms with E-state index < -0.39 is 0 Å². The van der Waals surface area contributed by atoms with Crippen LogP contribution in [0.15, 0.2) is 50.0 Å². The van der Waals surface area contributed by atoms with Gasteiger partial charge in [0.05, 0.1) is 0 Å². The predicted molar refractivity (Wildman–Crippen MR) is 92.4 cm³/mol. The minimum absolute atomic E-state index is 0.0147. The van der Waals surface area contributed by atoms with Crippen LogP contribution < -0.4 is 0 Å². The fraction of sp³-hybridized carbons (Fsp3) is 0.250. The Morgan fingerprint density at radius 1 is 0.913 bits per heavy atom. The van der Waals surface area contributed by atoms with Crippen molar-refractivity contribution in [3.05, 3.63) is 56.9 Å². The molecule has 23 heavy (non-hydrogen) atoms. The number of piperazine rings is 1. The number of hydrogen-bond donors (Lipinski definition) is 0. The van der Waals surface area contributed by atoms with E-state index in [2.05, 4.69) is 31.9 Å². The summed E-state index contributed by atoms with van der Waals surface area (Å²) in [7, 11) is 0. The van der Waals surface area contributed by atoms with Crippen LogP contribution in [-0.4, -0.2) is 47.8 Å². The molecule has 0 saturated carbocycles. The Hall–Kier alpha value is -1.60. The molecule has 120 valence electrons. The molecule has 2 amide bonds. The molecule has 1 aliphatic rings. The third-order valence-electron chi connectivity index (χ3n) is 3.71. The molecule has 1 aromatic carbocycles. The van der Waals surface area contributed by atoms with Gasteiger partial charge in [-0.2, -0.15) is 0 Å². The molecule has 0 unspecified atom stereocenters. The Morgan fingerprint density at radius 2 is 1.57 bits per heavy atom. The molecule has 0 bridgehead atoms. The highest BCUT2D eigenvalue weighted by Crippen LogP contribution is 2.18. The van der Waals surface area contributed by atoms with Gasteiger partial charge in [0.2, 0.25) is 0 Å². The van der Waals surface area contributed by atoms with Crippen LogP contribution in [-0.2, 0) is 0 Å². The van der Waals surface area contributed by atoms with Gasteiger partial charge in [-0.25, -0.2) is 0 Å². The van der Waals surface area contributed by atoms with Crippen molar-refractivity contribution >= 4 is 43.7 Å². The maximum atomic E-state index is 12.5. The highest BCUT2D eigenvalue weighted by atomic mass is 79.9. The Morgan fingerprint density at radius 3 is 2.13 bits per heavy atom. The zero-order chi connectivity index (χ0) is 16.4. The summed E-state index contributed by atoms with van der Waals surface area (Å²) in [4.78, 5) is 28.3. The molecule has 1 aromatic heterocycles. The van der Waals surface area contributed by atoms with Crippen molar-refractivity contribution in [2.75, 3.05) is 26.2 Å². The van der Waals surface area contributed by atoms with Crippen LogP contribution in [0.3, 0.4) is 0 Å². The third kappa shape index (κ3) is 3.67. The number of furan rings is 1. The molecular formula is C16H14Br2N2O3. The second-order valence-corrected chi connectivity index (χ2v) is 6.90.